The van der Waals surface area contributed by atoms with E-state index in [1.807, 2.05) is 117 Å². The Hall–Kier alpha value is -4.12. The van der Waals surface area contributed by atoms with Crippen molar-refractivity contribution in [2.45, 2.75) is 235 Å². The third-order valence-corrected chi connectivity index (χ3v) is 10.9. The largest absolute Gasteiger partial charge is 0.491 e. The molecule has 0 unspecified atom stereocenters. The van der Waals surface area contributed by atoms with Crippen LogP contribution >= 0.6 is 0 Å². The van der Waals surface area contributed by atoms with Crippen LogP contribution in [0.4, 0.5) is 22.7 Å². The van der Waals surface area contributed by atoms with Gasteiger partial charge in [0.25, 0.3) is 0 Å². The third-order valence-electron chi connectivity index (χ3n) is 10.9. The second-order valence-corrected chi connectivity index (χ2v) is 16.0. The molecule has 398 valence electrons. The first-order valence-corrected chi connectivity index (χ1v) is 28.7. The van der Waals surface area contributed by atoms with Gasteiger partial charge in [-0.05, 0) is 147 Å². The Bertz CT molecular complexity index is 1620. The second kappa shape index (κ2) is 47.6. The van der Waals surface area contributed by atoms with Crippen molar-refractivity contribution in [3.63, 3.8) is 0 Å². The average Bonchev–Trinajstić information content (AvgIpc) is 3.58. The van der Waals surface area contributed by atoms with Crippen LogP contribution in [0.1, 0.15) is 209 Å². The number of anilines is 4. The minimum absolute atomic E-state index is 0.540. The summed E-state index contributed by atoms with van der Waals surface area (Å²) in [6.07, 6.45) is 8.78. The van der Waals surface area contributed by atoms with Crippen LogP contribution in [0, 0.1) is 0 Å². The maximum absolute atomic E-state index is 5.69. The first-order chi connectivity index (χ1) is 33.7. The van der Waals surface area contributed by atoms with Crippen molar-refractivity contribution in [2.75, 3.05) is 52.4 Å². The highest BCUT2D eigenvalue weighted by atomic mass is 16.5. The van der Waals surface area contributed by atoms with E-state index >= 15 is 0 Å². The highest BCUT2D eigenvalue weighted by Gasteiger charge is 2.21. The van der Waals surface area contributed by atoms with Gasteiger partial charge < -0.3 is 24.3 Å². The number of hydrogen-bond acceptors (Lipinski definition) is 5. The van der Waals surface area contributed by atoms with E-state index in [1.54, 1.807) is 0 Å². The minimum Gasteiger partial charge on any atom is -0.491 e. The van der Waals surface area contributed by atoms with E-state index in [2.05, 4.69) is 166 Å². The molecule has 0 radical (unpaired) electrons. The molecule has 4 heterocycles. The second-order valence-electron chi connectivity index (χ2n) is 16.0. The number of fused-ring (bicyclic) bond motifs is 4. The molecule has 0 aromatic heterocycles. The summed E-state index contributed by atoms with van der Waals surface area (Å²) in [6.45, 7) is 55.6. The molecule has 0 aliphatic carbocycles. The van der Waals surface area contributed by atoms with Crippen LogP contribution < -0.4 is 24.3 Å². The summed E-state index contributed by atoms with van der Waals surface area (Å²) < 4.78 is 5.69. The summed E-state index contributed by atoms with van der Waals surface area (Å²) >= 11 is 0. The fourth-order valence-corrected chi connectivity index (χ4v) is 8.15. The van der Waals surface area contributed by atoms with E-state index in [0.29, 0.717) is 24.2 Å². The molecule has 0 saturated carbocycles. The van der Waals surface area contributed by atoms with Crippen molar-refractivity contribution >= 4 is 22.7 Å². The van der Waals surface area contributed by atoms with Gasteiger partial charge in [-0.2, -0.15) is 0 Å². The lowest BCUT2D eigenvalue weighted by Crippen LogP contribution is -2.35. The van der Waals surface area contributed by atoms with Gasteiger partial charge >= 0.3 is 0 Å². The Morgan fingerprint density at radius 2 is 0.594 bits per heavy atom. The average molecular weight is 958 g/mol. The van der Waals surface area contributed by atoms with Gasteiger partial charge in [0.2, 0.25) is 0 Å². The van der Waals surface area contributed by atoms with Crippen molar-refractivity contribution in [1.82, 2.24) is 0 Å². The van der Waals surface area contributed by atoms with E-state index in [-0.39, 0.29) is 0 Å². The lowest BCUT2D eigenvalue weighted by atomic mass is 10.0. The van der Waals surface area contributed by atoms with E-state index in [4.69, 9.17) is 4.74 Å². The number of benzene rings is 4. The van der Waals surface area contributed by atoms with E-state index in [1.165, 1.54) is 97.6 Å². The highest BCUT2D eigenvalue weighted by Crippen LogP contribution is 2.32. The Morgan fingerprint density at radius 3 is 1.00 bits per heavy atom. The van der Waals surface area contributed by atoms with Crippen LogP contribution in [0.5, 0.6) is 5.75 Å². The number of aryl methyl sites for hydroxylation is 2. The standard InChI is InChI=1S/C13H19N.C12H17NO.C12H17N.C11H15N.8C2H6/c1-11(2)14-10-6-5-8-12-7-3-4-9-13(12)14;1-10(2)13-8-5-9-14-12-7-4-3-6-11(12)13;1-10(2)13-9-5-7-11-6-3-4-8-12(11)13;1-9(2)12-8-7-10-5-3-4-6-11(10)12;8*1-2/h3-4,7,9,11H,5-6,8,10H2,1-2H3;3-4,6-7,10H,5,8-9H2,1-2H3;3-4,6,8,10H,5,7,9H2,1-2H3;3-6,9H,7-8H2,1-2H3;8*1-2H3. The number of rotatable bonds is 4. The summed E-state index contributed by atoms with van der Waals surface area (Å²) in [5.74, 6) is 1.03. The molecular weight excluding hydrogens is 841 g/mol. The number of nitrogens with zero attached hydrogens (tertiary/aromatic N) is 4. The summed E-state index contributed by atoms with van der Waals surface area (Å²) in [6, 6.07) is 37.0. The van der Waals surface area contributed by atoms with Gasteiger partial charge in [0.15, 0.2) is 0 Å². The van der Waals surface area contributed by atoms with E-state index in [0.717, 1.165) is 25.3 Å². The van der Waals surface area contributed by atoms with Gasteiger partial charge in [0.1, 0.15) is 5.75 Å². The predicted molar refractivity (Wildman–Crippen MR) is 322 cm³/mol. The fourth-order valence-electron chi connectivity index (χ4n) is 8.15. The summed E-state index contributed by atoms with van der Waals surface area (Å²) in [4.78, 5) is 9.90. The molecule has 0 amide bonds. The molecule has 5 heteroatoms. The van der Waals surface area contributed by atoms with Gasteiger partial charge in [-0.15, -0.1) is 0 Å². The lowest BCUT2D eigenvalue weighted by molar-refractivity contribution is 0.322. The van der Waals surface area contributed by atoms with Crippen molar-refractivity contribution in [3.8, 4) is 5.75 Å². The van der Waals surface area contributed by atoms with Crippen LogP contribution in [-0.4, -0.2) is 57.0 Å². The molecule has 0 saturated heterocycles. The zero-order valence-electron chi connectivity index (χ0n) is 50.2. The number of ether oxygens (including phenoxy) is 1. The van der Waals surface area contributed by atoms with Crippen LogP contribution in [0.15, 0.2) is 97.1 Å². The van der Waals surface area contributed by atoms with Gasteiger partial charge in [-0.1, -0.05) is 178 Å². The zero-order valence-corrected chi connectivity index (χ0v) is 50.2. The molecule has 5 nitrogen and oxygen atoms in total. The fraction of sp³-hybridized carbons (Fsp3) is 0.625. The molecule has 69 heavy (non-hydrogen) atoms. The molecule has 0 spiro atoms. The van der Waals surface area contributed by atoms with E-state index in [9.17, 15) is 0 Å². The van der Waals surface area contributed by atoms with Gasteiger partial charge in [0, 0.05) is 67.4 Å². The normalized spacial score (nSPS) is 13.0. The first kappa shape index (κ1) is 71.4. The van der Waals surface area contributed by atoms with Crippen molar-refractivity contribution in [3.05, 3.63) is 114 Å². The van der Waals surface area contributed by atoms with Crippen LogP contribution in [0.3, 0.4) is 0 Å². The topological polar surface area (TPSA) is 22.2 Å². The molecule has 0 N–H and O–H groups in total. The Balaban J connectivity index is -0.000000371. The Kier molecular flexibility index (Phi) is 49.2. The van der Waals surface area contributed by atoms with Crippen LogP contribution in [0.2, 0.25) is 0 Å². The molecule has 0 fully saturated rings. The molecule has 0 bridgehead atoms. The quantitative estimate of drug-likeness (QED) is 0.203. The molecule has 8 rings (SSSR count). The summed E-state index contributed by atoms with van der Waals surface area (Å²) in [7, 11) is 0. The summed E-state index contributed by atoms with van der Waals surface area (Å²) in [5, 5.41) is 0. The maximum Gasteiger partial charge on any atom is 0.142 e. The van der Waals surface area contributed by atoms with E-state index < -0.39 is 0 Å². The number of hydrogen-bond donors (Lipinski definition) is 0. The van der Waals surface area contributed by atoms with Crippen molar-refractivity contribution in [1.29, 1.82) is 0 Å². The molecule has 4 aliphatic rings. The van der Waals surface area contributed by atoms with Crippen molar-refractivity contribution < 1.29 is 4.74 Å². The Morgan fingerprint density at radius 1 is 0.304 bits per heavy atom. The maximum atomic E-state index is 5.69. The lowest BCUT2D eigenvalue weighted by Gasteiger charge is -2.34. The molecule has 0 atom stereocenters. The van der Waals surface area contributed by atoms with Crippen LogP contribution in [0.25, 0.3) is 0 Å². The van der Waals surface area contributed by atoms with Gasteiger partial charge in [0.05, 0.1) is 12.3 Å². The van der Waals surface area contributed by atoms with Crippen molar-refractivity contribution in [2.24, 2.45) is 0 Å². The molecule has 4 aromatic rings. The third kappa shape index (κ3) is 26.1. The monoisotopic (exact) mass is 957 g/mol. The van der Waals surface area contributed by atoms with Crippen LogP contribution in [-0.2, 0) is 19.3 Å². The smallest absolute Gasteiger partial charge is 0.142 e. The zero-order chi connectivity index (χ0) is 53.7. The minimum atomic E-state index is 0.540. The number of para-hydroxylation sites is 5. The Labute approximate surface area is 432 Å². The molecule has 4 aliphatic heterocycles. The predicted octanol–water partition coefficient (Wildman–Crippen LogP) is 19.4. The summed E-state index contributed by atoms with van der Waals surface area (Å²) in [5.41, 5.74) is 10.1. The highest BCUT2D eigenvalue weighted by molar-refractivity contribution is 5.60. The van der Waals surface area contributed by atoms with Gasteiger partial charge in [-0.3, -0.25) is 0 Å². The van der Waals surface area contributed by atoms with Gasteiger partial charge in [-0.25, -0.2) is 0 Å². The SMILES string of the molecule is CC.CC.CC.CC.CC.CC.CC.CC.CC(C)N1CCCCc2ccccc21.CC(C)N1CCCOc2ccccc21.CC(C)N1CCCc2ccccc21.CC(C)N1CCc2ccccc21. The molecular formula is C64H116N4O. The molecule has 4 aromatic carbocycles. The first-order valence-electron chi connectivity index (χ1n) is 28.7.